The zero-order valence-corrected chi connectivity index (χ0v) is 10.1. The van der Waals surface area contributed by atoms with Crippen LogP contribution in [-0.4, -0.2) is 0 Å². The molecule has 0 N–H and O–H groups in total. The van der Waals surface area contributed by atoms with E-state index in [0.29, 0.717) is 0 Å². The van der Waals surface area contributed by atoms with Gasteiger partial charge in [-0.1, -0.05) is 21.5 Å². The highest BCUT2D eigenvalue weighted by Crippen LogP contribution is 2.21. The Bertz CT molecular complexity index is 356. The molecule has 2 heteroatoms. The zero-order chi connectivity index (χ0) is 10.7. The van der Waals surface area contributed by atoms with Gasteiger partial charge in [0.05, 0.1) is 0 Å². The van der Waals surface area contributed by atoms with Crippen molar-refractivity contribution in [2.24, 2.45) is 0 Å². The first-order chi connectivity index (χ1) is 6.50. The van der Waals surface area contributed by atoms with Gasteiger partial charge in [-0.2, -0.15) is 0 Å². The number of aryl methyl sites for hydroxylation is 1. The molecule has 1 aromatic carbocycles. The van der Waals surface area contributed by atoms with Crippen molar-refractivity contribution in [1.29, 1.82) is 0 Å². The van der Waals surface area contributed by atoms with E-state index < -0.39 is 0 Å². The molecule has 0 unspecified atom stereocenters. The van der Waals surface area contributed by atoms with Crippen molar-refractivity contribution in [3.63, 3.8) is 0 Å². The quantitative estimate of drug-likeness (QED) is 0.704. The Morgan fingerprint density at radius 3 is 2.71 bits per heavy atom. The zero-order valence-electron chi connectivity index (χ0n) is 8.53. The van der Waals surface area contributed by atoms with Crippen molar-refractivity contribution in [3.05, 3.63) is 45.7 Å². The molecule has 0 fully saturated rings. The molecular weight excluding hydrogens is 243 g/mol. The first-order valence-electron chi connectivity index (χ1n) is 4.59. The van der Waals surface area contributed by atoms with Crippen LogP contribution in [0.2, 0.25) is 0 Å². The lowest BCUT2D eigenvalue weighted by Crippen LogP contribution is -1.94. The second-order valence-electron chi connectivity index (χ2n) is 3.63. The predicted octanol–water partition coefficient (Wildman–Crippen LogP) is 4.41. The number of hydrogen-bond acceptors (Lipinski definition) is 0. The topological polar surface area (TPSA) is 0 Å². The highest BCUT2D eigenvalue weighted by atomic mass is 79.9. The highest BCUT2D eigenvalue weighted by molar-refractivity contribution is 9.10. The molecule has 0 bridgehead atoms. The van der Waals surface area contributed by atoms with Crippen LogP contribution in [0.3, 0.4) is 0 Å². The van der Waals surface area contributed by atoms with Crippen molar-refractivity contribution in [1.82, 2.24) is 0 Å². The third-order valence-corrected chi connectivity index (χ3v) is 2.70. The monoisotopic (exact) mass is 256 g/mol. The van der Waals surface area contributed by atoms with Gasteiger partial charge in [0.25, 0.3) is 0 Å². The molecule has 0 aromatic heterocycles. The number of allylic oxidation sites excluding steroid dienone is 1. The maximum absolute atomic E-state index is 13.3. The van der Waals surface area contributed by atoms with Gasteiger partial charge in [0.15, 0.2) is 0 Å². The molecule has 0 aliphatic carbocycles. The molecule has 1 aromatic rings. The standard InChI is InChI=1S/C12H14BrF/c1-8(2)4-5-10-6-11(13)7-12(14)9(10)3/h6-7H,1,4-5H2,2-3H3. The number of rotatable bonds is 3. The van der Waals surface area contributed by atoms with E-state index in [1.54, 1.807) is 0 Å². The molecule has 0 heterocycles. The van der Waals surface area contributed by atoms with Gasteiger partial charge in [-0.15, -0.1) is 6.58 Å². The molecule has 0 nitrogen and oxygen atoms in total. The third kappa shape index (κ3) is 2.95. The van der Waals surface area contributed by atoms with Crippen LogP contribution in [0.5, 0.6) is 0 Å². The summed E-state index contributed by atoms with van der Waals surface area (Å²) < 4.78 is 14.1. The van der Waals surface area contributed by atoms with Crippen LogP contribution < -0.4 is 0 Å². The lowest BCUT2D eigenvalue weighted by Gasteiger charge is -2.07. The Kier molecular flexibility index (Phi) is 3.87. The van der Waals surface area contributed by atoms with E-state index >= 15 is 0 Å². The normalized spacial score (nSPS) is 10.3. The van der Waals surface area contributed by atoms with Gasteiger partial charge in [-0.05, 0) is 49.9 Å². The summed E-state index contributed by atoms with van der Waals surface area (Å²) >= 11 is 3.29. The van der Waals surface area contributed by atoms with Gasteiger partial charge < -0.3 is 0 Å². The number of hydrogen-bond donors (Lipinski definition) is 0. The Labute approximate surface area is 93.0 Å². The van der Waals surface area contributed by atoms with Crippen LogP contribution in [0.15, 0.2) is 28.8 Å². The minimum Gasteiger partial charge on any atom is -0.207 e. The molecule has 0 aliphatic heterocycles. The lowest BCUT2D eigenvalue weighted by molar-refractivity contribution is 0.614. The minimum atomic E-state index is -0.143. The highest BCUT2D eigenvalue weighted by Gasteiger charge is 2.05. The van der Waals surface area contributed by atoms with Crippen LogP contribution >= 0.6 is 15.9 Å². The van der Waals surface area contributed by atoms with Crippen LogP contribution in [-0.2, 0) is 6.42 Å². The summed E-state index contributed by atoms with van der Waals surface area (Å²) in [4.78, 5) is 0. The van der Waals surface area contributed by atoms with E-state index in [1.165, 1.54) is 6.07 Å². The average Bonchev–Trinajstić information content (AvgIpc) is 2.08. The summed E-state index contributed by atoms with van der Waals surface area (Å²) in [5.41, 5.74) is 2.93. The summed E-state index contributed by atoms with van der Waals surface area (Å²) in [7, 11) is 0. The fraction of sp³-hybridized carbons (Fsp3) is 0.333. The second-order valence-corrected chi connectivity index (χ2v) is 4.54. The Morgan fingerprint density at radius 1 is 1.50 bits per heavy atom. The van der Waals surface area contributed by atoms with E-state index in [-0.39, 0.29) is 5.82 Å². The first kappa shape index (κ1) is 11.4. The SMILES string of the molecule is C=C(C)CCc1cc(Br)cc(F)c1C. The van der Waals surface area contributed by atoms with E-state index in [9.17, 15) is 4.39 Å². The Balaban J connectivity index is 2.90. The van der Waals surface area contributed by atoms with E-state index in [0.717, 1.165) is 34.0 Å². The van der Waals surface area contributed by atoms with E-state index in [1.807, 2.05) is 19.9 Å². The van der Waals surface area contributed by atoms with Gasteiger partial charge in [0.2, 0.25) is 0 Å². The van der Waals surface area contributed by atoms with Crippen molar-refractivity contribution >= 4 is 15.9 Å². The largest absolute Gasteiger partial charge is 0.207 e. The number of benzene rings is 1. The van der Waals surface area contributed by atoms with Crippen LogP contribution in [0.4, 0.5) is 4.39 Å². The molecule has 0 aliphatic rings. The maximum atomic E-state index is 13.3. The Morgan fingerprint density at radius 2 is 2.14 bits per heavy atom. The van der Waals surface area contributed by atoms with Gasteiger partial charge in [-0.3, -0.25) is 0 Å². The lowest BCUT2D eigenvalue weighted by atomic mass is 10.0. The maximum Gasteiger partial charge on any atom is 0.127 e. The summed E-state index contributed by atoms with van der Waals surface area (Å²) in [5.74, 6) is -0.143. The van der Waals surface area contributed by atoms with Crippen molar-refractivity contribution in [2.75, 3.05) is 0 Å². The molecular formula is C12H14BrF. The molecule has 0 saturated heterocycles. The van der Waals surface area contributed by atoms with Crippen molar-refractivity contribution in [3.8, 4) is 0 Å². The second kappa shape index (κ2) is 4.74. The van der Waals surface area contributed by atoms with E-state index in [4.69, 9.17) is 0 Å². The average molecular weight is 257 g/mol. The Hall–Kier alpha value is -0.630. The predicted molar refractivity (Wildman–Crippen MR) is 62.0 cm³/mol. The fourth-order valence-electron chi connectivity index (χ4n) is 1.31. The molecule has 0 spiro atoms. The smallest absolute Gasteiger partial charge is 0.127 e. The summed E-state index contributed by atoms with van der Waals surface area (Å²) in [6.45, 7) is 7.64. The van der Waals surface area contributed by atoms with Crippen LogP contribution in [0.1, 0.15) is 24.5 Å². The first-order valence-corrected chi connectivity index (χ1v) is 5.39. The molecule has 0 saturated carbocycles. The summed E-state index contributed by atoms with van der Waals surface area (Å²) in [6.07, 6.45) is 1.77. The van der Waals surface area contributed by atoms with Crippen molar-refractivity contribution < 1.29 is 4.39 Å². The summed E-state index contributed by atoms with van der Waals surface area (Å²) in [5, 5.41) is 0. The minimum absolute atomic E-state index is 0.143. The fourth-order valence-corrected chi connectivity index (χ4v) is 1.78. The van der Waals surface area contributed by atoms with Gasteiger partial charge in [0, 0.05) is 4.47 Å². The van der Waals surface area contributed by atoms with Gasteiger partial charge in [-0.25, -0.2) is 4.39 Å². The van der Waals surface area contributed by atoms with Crippen LogP contribution in [0, 0.1) is 12.7 Å². The van der Waals surface area contributed by atoms with Crippen molar-refractivity contribution in [2.45, 2.75) is 26.7 Å². The molecule has 0 atom stereocenters. The number of halogens is 2. The molecule has 0 radical (unpaired) electrons. The molecule has 14 heavy (non-hydrogen) atoms. The molecule has 0 amide bonds. The van der Waals surface area contributed by atoms with E-state index in [2.05, 4.69) is 22.5 Å². The molecule has 76 valence electrons. The van der Waals surface area contributed by atoms with Crippen LogP contribution in [0.25, 0.3) is 0 Å². The summed E-state index contributed by atoms with van der Waals surface area (Å²) in [6, 6.07) is 3.47. The van der Waals surface area contributed by atoms with Gasteiger partial charge >= 0.3 is 0 Å². The molecule has 1 rings (SSSR count). The van der Waals surface area contributed by atoms with Gasteiger partial charge in [0.1, 0.15) is 5.82 Å². The third-order valence-electron chi connectivity index (χ3n) is 2.24.